The van der Waals surface area contributed by atoms with Crippen molar-refractivity contribution in [1.82, 2.24) is 19.8 Å². The first-order valence-electron chi connectivity index (χ1n) is 6.13. The molecule has 0 saturated carbocycles. The maximum absolute atomic E-state index is 11.7. The van der Waals surface area contributed by atoms with Crippen LogP contribution in [-0.2, 0) is 11.3 Å². The first-order chi connectivity index (χ1) is 9.19. The number of amides is 1. The highest BCUT2D eigenvalue weighted by Crippen LogP contribution is 2.02. The Balaban J connectivity index is 2.56. The fraction of sp³-hybridized carbons (Fsp3) is 0.583. The van der Waals surface area contributed by atoms with Gasteiger partial charge in [0.25, 0.3) is 5.56 Å². The Morgan fingerprint density at radius 3 is 2.70 bits per heavy atom. The molecule has 1 unspecified atom stereocenters. The highest BCUT2D eigenvalue weighted by molar-refractivity contribution is 5.75. The Labute approximate surface area is 116 Å². The molecule has 1 atom stereocenters. The number of nitrogens with one attached hydrogen (secondary N) is 2. The standard InChI is InChI=1S/C12H20N4O4/c1-12(20,8-15(2)3)7-13-10(18)6-16-5-4-9(17)14-11(16)19/h4-5,20H,6-8H2,1-3H3,(H,13,18)(H,14,17,19). The van der Waals surface area contributed by atoms with E-state index >= 15 is 0 Å². The van der Waals surface area contributed by atoms with Crippen LogP contribution in [0.4, 0.5) is 0 Å². The summed E-state index contributed by atoms with van der Waals surface area (Å²) in [6.45, 7) is 1.86. The summed E-state index contributed by atoms with van der Waals surface area (Å²) in [7, 11) is 3.63. The van der Waals surface area contributed by atoms with Crippen molar-refractivity contribution in [3.8, 4) is 0 Å². The summed E-state index contributed by atoms with van der Waals surface area (Å²) in [6.07, 6.45) is 1.25. The molecule has 0 aliphatic heterocycles. The van der Waals surface area contributed by atoms with E-state index in [9.17, 15) is 19.5 Å². The lowest BCUT2D eigenvalue weighted by Crippen LogP contribution is -2.48. The van der Waals surface area contributed by atoms with Gasteiger partial charge in [-0.3, -0.25) is 19.1 Å². The zero-order chi connectivity index (χ0) is 15.3. The Kier molecular flexibility index (Phi) is 5.23. The third-order valence-corrected chi connectivity index (χ3v) is 2.53. The SMILES string of the molecule is CN(C)CC(C)(O)CNC(=O)Cn1ccc(=O)[nH]c1=O. The van der Waals surface area contributed by atoms with Crippen LogP contribution in [0, 0.1) is 0 Å². The van der Waals surface area contributed by atoms with Crippen LogP contribution in [0.2, 0.25) is 0 Å². The molecule has 0 aliphatic carbocycles. The van der Waals surface area contributed by atoms with E-state index in [4.69, 9.17) is 0 Å². The predicted molar refractivity (Wildman–Crippen MR) is 73.5 cm³/mol. The van der Waals surface area contributed by atoms with E-state index in [1.807, 2.05) is 14.1 Å². The normalized spacial score (nSPS) is 14.1. The van der Waals surface area contributed by atoms with E-state index in [1.54, 1.807) is 11.8 Å². The van der Waals surface area contributed by atoms with Crippen molar-refractivity contribution in [1.29, 1.82) is 0 Å². The van der Waals surface area contributed by atoms with E-state index in [-0.39, 0.29) is 13.1 Å². The predicted octanol–water partition coefficient (Wildman–Crippen LogP) is -2.03. The molecule has 0 aromatic carbocycles. The molecule has 0 fully saturated rings. The fourth-order valence-electron chi connectivity index (χ4n) is 1.81. The number of aliphatic hydroxyl groups is 1. The quantitative estimate of drug-likeness (QED) is 0.558. The summed E-state index contributed by atoms with van der Waals surface area (Å²) in [4.78, 5) is 37.8. The molecule has 8 nitrogen and oxygen atoms in total. The maximum Gasteiger partial charge on any atom is 0.328 e. The molecule has 3 N–H and O–H groups in total. The number of hydrogen-bond donors (Lipinski definition) is 3. The topological polar surface area (TPSA) is 107 Å². The van der Waals surface area contributed by atoms with Gasteiger partial charge in [0, 0.05) is 25.4 Å². The zero-order valence-electron chi connectivity index (χ0n) is 11.8. The molecule has 0 aliphatic rings. The molecule has 0 radical (unpaired) electrons. The van der Waals surface area contributed by atoms with Gasteiger partial charge < -0.3 is 15.3 Å². The van der Waals surface area contributed by atoms with Gasteiger partial charge in [-0.15, -0.1) is 0 Å². The summed E-state index contributed by atoms with van der Waals surface area (Å²) in [5.41, 5.74) is -2.22. The first-order valence-corrected chi connectivity index (χ1v) is 6.13. The Bertz CT molecular complexity index is 573. The smallest absolute Gasteiger partial charge is 0.328 e. The average molecular weight is 284 g/mol. The second-order valence-electron chi connectivity index (χ2n) is 5.25. The minimum atomic E-state index is -1.06. The summed E-state index contributed by atoms with van der Waals surface area (Å²) in [5.74, 6) is -0.418. The number of nitrogens with zero attached hydrogens (tertiary/aromatic N) is 2. The van der Waals surface area contributed by atoms with Crippen molar-refractivity contribution in [3.63, 3.8) is 0 Å². The molecular weight excluding hydrogens is 264 g/mol. The van der Waals surface area contributed by atoms with Gasteiger partial charge in [-0.1, -0.05) is 0 Å². The first kappa shape index (κ1) is 16.1. The second kappa shape index (κ2) is 6.49. The minimum absolute atomic E-state index is 0.0715. The zero-order valence-corrected chi connectivity index (χ0v) is 11.8. The number of aromatic nitrogens is 2. The Hall–Kier alpha value is -1.93. The van der Waals surface area contributed by atoms with Crippen LogP contribution < -0.4 is 16.6 Å². The van der Waals surface area contributed by atoms with Crippen LogP contribution in [0.3, 0.4) is 0 Å². The van der Waals surface area contributed by atoms with Crippen LogP contribution in [-0.4, -0.2) is 58.3 Å². The van der Waals surface area contributed by atoms with Gasteiger partial charge in [0.1, 0.15) is 6.54 Å². The van der Waals surface area contributed by atoms with Gasteiger partial charge in [-0.05, 0) is 21.0 Å². The largest absolute Gasteiger partial charge is 0.387 e. The second-order valence-corrected chi connectivity index (χ2v) is 5.25. The van der Waals surface area contributed by atoms with Crippen LogP contribution >= 0.6 is 0 Å². The van der Waals surface area contributed by atoms with Crippen molar-refractivity contribution in [2.75, 3.05) is 27.2 Å². The van der Waals surface area contributed by atoms with E-state index in [0.717, 1.165) is 10.6 Å². The van der Waals surface area contributed by atoms with Crippen molar-refractivity contribution >= 4 is 5.91 Å². The summed E-state index contributed by atoms with van der Waals surface area (Å²) < 4.78 is 1.08. The molecule has 8 heteroatoms. The van der Waals surface area contributed by atoms with Crippen molar-refractivity contribution in [3.05, 3.63) is 33.1 Å². The Morgan fingerprint density at radius 1 is 1.50 bits per heavy atom. The van der Waals surface area contributed by atoms with Crippen molar-refractivity contribution in [2.24, 2.45) is 0 Å². The monoisotopic (exact) mass is 284 g/mol. The molecule has 0 saturated heterocycles. The number of carbonyl (C=O) groups is 1. The van der Waals surface area contributed by atoms with Gasteiger partial charge in [0.15, 0.2) is 0 Å². The molecule has 1 amide bonds. The highest BCUT2D eigenvalue weighted by atomic mass is 16.3. The number of likely N-dealkylation sites (N-methyl/N-ethyl adjacent to an activating group) is 1. The number of aromatic amines is 1. The van der Waals surface area contributed by atoms with Gasteiger partial charge in [-0.25, -0.2) is 4.79 Å². The van der Waals surface area contributed by atoms with Gasteiger partial charge in [0.2, 0.25) is 5.91 Å². The van der Waals surface area contributed by atoms with Gasteiger partial charge in [0.05, 0.1) is 5.60 Å². The summed E-state index contributed by atoms with van der Waals surface area (Å²) in [6, 6.07) is 1.16. The molecule has 112 valence electrons. The molecular formula is C12H20N4O4. The van der Waals surface area contributed by atoms with Gasteiger partial charge in [-0.2, -0.15) is 0 Å². The van der Waals surface area contributed by atoms with E-state index in [2.05, 4.69) is 10.3 Å². The third kappa shape index (κ3) is 5.37. The van der Waals surface area contributed by atoms with Crippen LogP contribution in [0.5, 0.6) is 0 Å². The maximum atomic E-state index is 11.7. The van der Waals surface area contributed by atoms with Crippen molar-refractivity contribution < 1.29 is 9.90 Å². The summed E-state index contributed by atoms with van der Waals surface area (Å²) in [5, 5.41) is 12.6. The molecule has 1 rings (SSSR count). The lowest BCUT2D eigenvalue weighted by atomic mass is 10.1. The number of carbonyl (C=O) groups excluding carboxylic acids is 1. The molecule has 0 spiro atoms. The highest BCUT2D eigenvalue weighted by Gasteiger charge is 2.22. The lowest BCUT2D eigenvalue weighted by Gasteiger charge is -2.27. The van der Waals surface area contributed by atoms with E-state index in [1.165, 1.54) is 6.20 Å². The lowest BCUT2D eigenvalue weighted by molar-refractivity contribution is -0.123. The number of rotatable bonds is 6. The van der Waals surface area contributed by atoms with E-state index in [0.29, 0.717) is 6.54 Å². The van der Waals surface area contributed by atoms with E-state index < -0.39 is 22.8 Å². The molecule has 1 aromatic rings. The van der Waals surface area contributed by atoms with Crippen LogP contribution in [0.15, 0.2) is 21.9 Å². The van der Waals surface area contributed by atoms with Gasteiger partial charge >= 0.3 is 5.69 Å². The third-order valence-electron chi connectivity index (χ3n) is 2.53. The molecule has 1 heterocycles. The van der Waals surface area contributed by atoms with Crippen LogP contribution in [0.1, 0.15) is 6.92 Å². The van der Waals surface area contributed by atoms with Crippen LogP contribution in [0.25, 0.3) is 0 Å². The number of H-pyrrole nitrogens is 1. The summed E-state index contributed by atoms with van der Waals surface area (Å²) >= 11 is 0. The Morgan fingerprint density at radius 2 is 2.15 bits per heavy atom. The molecule has 1 aromatic heterocycles. The average Bonchev–Trinajstić information content (AvgIpc) is 2.29. The van der Waals surface area contributed by atoms with Crippen molar-refractivity contribution in [2.45, 2.75) is 19.1 Å². The molecule has 20 heavy (non-hydrogen) atoms. The minimum Gasteiger partial charge on any atom is -0.387 e. The number of hydrogen-bond acceptors (Lipinski definition) is 5. The fourth-order valence-corrected chi connectivity index (χ4v) is 1.81. The molecule has 0 bridgehead atoms.